The highest BCUT2D eigenvalue weighted by Gasteiger charge is 2.76. The van der Waals surface area contributed by atoms with Gasteiger partial charge in [-0.3, -0.25) is 19.2 Å². The first-order chi connectivity index (χ1) is 15.3. The van der Waals surface area contributed by atoms with Gasteiger partial charge in [0.2, 0.25) is 23.6 Å². The number of imide groups is 2. The van der Waals surface area contributed by atoms with Crippen LogP contribution in [0.2, 0.25) is 0 Å². The number of benzene rings is 2. The van der Waals surface area contributed by atoms with Crippen LogP contribution in [0.5, 0.6) is 0 Å². The van der Waals surface area contributed by atoms with Gasteiger partial charge in [0.15, 0.2) is 0 Å². The molecule has 4 unspecified atom stereocenters. The first-order valence-corrected chi connectivity index (χ1v) is 10.9. The van der Waals surface area contributed by atoms with Crippen molar-refractivity contribution in [1.29, 1.82) is 0 Å². The third-order valence-corrected chi connectivity index (χ3v) is 8.12. The zero-order valence-electron chi connectivity index (χ0n) is 17.8. The molecular formula is C26H22N2O4. The van der Waals surface area contributed by atoms with Gasteiger partial charge < -0.3 is 0 Å². The van der Waals surface area contributed by atoms with Crippen molar-refractivity contribution in [3.8, 4) is 0 Å². The smallest absolute Gasteiger partial charge is 0.238 e. The molecular weight excluding hydrogens is 404 g/mol. The minimum Gasteiger partial charge on any atom is -0.274 e. The number of allylic oxidation sites excluding steroid dienone is 2. The highest BCUT2D eigenvalue weighted by Crippen LogP contribution is 2.68. The Balaban J connectivity index is 1.51. The van der Waals surface area contributed by atoms with Crippen LogP contribution >= 0.6 is 0 Å². The monoisotopic (exact) mass is 426 g/mol. The number of hydrogen-bond donors (Lipinski definition) is 0. The van der Waals surface area contributed by atoms with Crippen LogP contribution in [-0.2, 0) is 19.2 Å². The van der Waals surface area contributed by atoms with E-state index in [1.54, 1.807) is 48.5 Å². The summed E-state index contributed by atoms with van der Waals surface area (Å²) in [5.74, 6) is -3.89. The lowest BCUT2D eigenvalue weighted by Gasteiger charge is -2.56. The summed E-state index contributed by atoms with van der Waals surface area (Å²) in [6.07, 6.45) is 3.82. The van der Waals surface area contributed by atoms with Crippen LogP contribution in [0.25, 0.3) is 0 Å². The molecule has 32 heavy (non-hydrogen) atoms. The summed E-state index contributed by atoms with van der Waals surface area (Å²) >= 11 is 0. The number of para-hydroxylation sites is 2. The van der Waals surface area contributed by atoms with Crippen LogP contribution in [0.1, 0.15) is 13.8 Å². The fourth-order valence-electron chi connectivity index (χ4n) is 6.67. The van der Waals surface area contributed by atoms with Crippen molar-refractivity contribution in [2.45, 2.75) is 13.8 Å². The normalized spacial score (nSPS) is 37.3. The summed E-state index contributed by atoms with van der Waals surface area (Å²) < 4.78 is 0. The van der Waals surface area contributed by atoms with Gasteiger partial charge in [0, 0.05) is 10.8 Å². The predicted molar refractivity (Wildman–Crippen MR) is 117 cm³/mol. The Morgan fingerprint density at radius 2 is 0.812 bits per heavy atom. The Labute approximate surface area is 185 Å². The highest BCUT2D eigenvalue weighted by molar-refractivity contribution is 6.27. The van der Waals surface area contributed by atoms with E-state index in [4.69, 9.17) is 0 Å². The van der Waals surface area contributed by atoms with E-state index in [0.29, 0.717) is 11.4 Å². The molecule has 0 radical (unpaired) electrons. The molecule has 6 heteroatoms. The molecule has 6 nitrogen and oxygen atoms in total. The van der Waals surface area contributed by atoms with Gasteiger partial charge in [0.05, 0.1) is 35.0 Å². The van der Waals surface area contributed by atoms with Crippen molar-refractivity contribution in [2.24, 2.45) is 34.5 Å². The van der Waals surface area contributed by atoms with Crippen molar-refractivity contribution in [2.75, 3.05) is 9.80 Å². The summed E-state index contributed by atoms with van der Waals surface area (Å²) in [5, 5.41) is 0. The number of nitrogens with zero attached hydrogens (tertiary/aromatic N) is 2. The summed E-state index contributed by atoms with van der Waals surface area (Å²) in [4.78, 5) is 57.2. The molecule has 2 aromatic rings. The molecule has 2 heterocycles. The minimum absolute atomic E-state index is 0.291. The van der Waals surface area contributed by atoms with Gasteiger partial charge >= 0.3 is 0 Å². The Bertz CT molecular complexity index is 1080. The van der Waals surface area contributed by atoms with Crippen LogP contribution < -0.4 is 9.80 Å². The summed E-state index contributed by atoms with van der Waals surface area (Å²) in [6.45, 7) is 3.72. The molecule has 3 aliphatic carbocycles. The maximum absolute atomic E-state index is 13.7. The lowest BCUT2D eigenvalue weighted by Crippen LogP contribution is -2.61. The van der Waals surface area contributed by atoms with Crippen LogP contribution in [0.15, 0.2) is 72.8 Å². The van der Waals surface area contributed by atoms with E-state index >= 15 is 0 Å². The van der Waals surface area contributed by atoms with Crippen molar-refractivity contribution >= 4 is 35.0 Å². The first kappa shape index (κ1) is 19.2. The molecule has 2 aromatic carbocycles. The van der Waals surface area contributed by atoms with Crippen molar-refractivity contribution in [3.63, 3.8) is 0 Å². The molecule has 160 valence electrons. The van der Waals surface area contributed by atoms with E-state index in [1.807, 2.05) is 38.1 Å². The number of anilines is 2. The topological polar surface area (TPSA) is 74.8 Å². The summed E-state index contributed by atoms with van der Waals surface area (Å²) in [7, 11) is 0. The fraction of sp³-hybridized carbons (Fsp3) is 0.308. The molecule has 4 amide bonds. The molecule has 2 bridgehead atoms. The van der Waals surface area contributed by atoms with Crippen LogP contribution in [0.3, 0.4) is 0 Å². The van der Waals surface area contributed by atoms with Crippen molar-refractivity contribution in [3.05, 3.63) is 72.8 Å². The van der Waals surface area contributed by atoms with Gasteiger partial charge in [-0.15, -0.1) is 0 Å². The zero-order valence-corrected chi connectivity index (χ0v) is 17.8. The maximum atomic E-state index is 13.7. The van der Waals surface area contributed by atoms with E-state index in [1.165, 1.54) is 9.80 Å². The fourth-order valence-corrected chi connectivity index (χ4v) is 6.67. The number of amides is 4. The largest absolute Gasteiger partial charge is 0.274 e. The van der Waals surface area contributed by atoms with Gasteiger partial charge in [-0.1, -0.05) is 62.4 Å². The predicted octanol–water partition coefficient (Wildman–Crippen LogP) is 3.19. The van der Waals surface area contributed by atoms with Gasteiger partial charge in [-0.05, 0) is 24.3 Å². The van der Waals surface area contributed by atoms with E-state index in [0.717, 1.165) is 0 Å². The Morgan fingerprint density at radius 3 is 1.09 bits per heavy atom. The molecule has 2 aliphatic heterocycles. The van der Waals surface area contributed by atoms with Gasteiger partial charge in [0.25, 0.3) is 0 Å². The van der Waals surface area contributed by atoms with Crippen LogP contribution in [-0.4, -0.2) is 23.6 Å². The Morgan fingerprint density at radius 1 is 0.531 bits per heavy atom. The molecule has 0 spiro atoms. The van der Waals surface area contributed by atoms with Crippen LogP contribution in [0, 0.1) is 34.5 Å². The molecule has 7 rings (SSSR count). The molecule has 5 aliphatic rings. The third-order valence-electron chi connectivity index (χ3n) is 8.12. The molecule has 4 atom stereocenters. The van der Waals surface area contributed by atoms with E-state index in [2.05, 4.69) is 0 Å². The van der Waals surface area contributed by atoms with E-state index in [-0.39, 0.29) is 23.6 Å². The van der Waals surface area contributed by atoms with Gasteiger partial charge in [-0.2, -0.15) is 0 Å². The lowest BCUT2D eigenvalue weighted by atomic mass is 9.42. The Kier molecular flexibility index (Phi) is 3.61. The third kappa shape index (κ3) is 2.05. The second-order valence-corrected chi connectivity index (χ2v) is 9.67. The van der Waals surface area contributed by atoms with Crippen molar-refractivity contribution in [1.82, 2.24) is 0 Å². The summed E-state index contributed by atoms with van der Waals surface area (Å²) in [5.41, 5.74) is -0.784. The quantitative estimate of drug-likeness (QED) is 0.546. The number of hydrogen-bond acceptors (Lipinski definition) is 4. The second kappa shape index (κ2) is 6.03. The minimum atomic E-state index is -0.917. The van der Waals surface area contributed by atoms with E-state index < -0.39 is 34.5 Å². The standard InChI is InChI=1S/C26H22N2O4/c1-25-13-14-26(2,19-17(25)21(29)27(23(19)31)15-9-5-3-6-10-15)20-18(25)22(30)28(24(20)32)16-11-7-4-8-12-16/h3-14,17-20H,1-2H3. The number of carbonyl (C=O) groups is 4. The zero-order chi connectivity index (χ0) is 22.4. The maximum Gasteiger partial charge on any atom is 0.238 e. The average molecular weight is 426 g/mol. The Hall–Kier alpha value is -3.54. The molecule has 3 fully saturated rings. The SMILES string of the molecule is CC12C=CC(C)(C3C(=O)N(c4ccccc4)C(=O)C31)C1C(=O)N(c3ccccc3)C(=O)C12. The summed E-state index contributed by atoms with van der Waals surface area (Å²) in [6, 6.07) is 17.7. The number of carbonyl (C=O) groups excluding carboxylic acids is 4. The van der Waals surface area contributed by atoms with Gasteiger partial charge in [-0.25, -0.2) is 9.80 Å². The van der Waals surface area contributed by atoms with Gasteiger partial charge in [0.1, 0.15) is 0 Å². The van der Waals surface area contributed by atoms with Crippen LogP contribution in [0.4, 0.5) is 11.4 Å². The second-order valence-electron chi connectivity index (χ2n) is 9.67. The highest BCUT2D eigenvalue weighted by atomic mass is 16.2. The molecule has 0 N–H and O–H groups in total. The number of rotatable bonds is 2. The average Bonchev–Trinajstić information content (AvgIpc) is 3.24. The lowest BCUT2D eigenvalue weighted by molar-refractivity contribution is -0.154. The molecule has 2 saturated heterocycles. The first-order valence-electron chi connectivity index (χ1n) is 10.9. The van der Waals surface area contributed by atoms with Crippen molar-refractivity contribution < 1.29 is 19.2 Å². The van der Waals surface area contributed by atoms with E-state index in [9.17, 15) is 19.2 Å². The molecule has 1 saturated carbocycles. The molecule has 0 aromatic heterocycles.